The first-order valence-electron chi connectivity index (χ1n) is 6.15. The van der Waals surface area contributed by atoms with E-state index in [1.54, 1.807) is 11.3 Å². The lowest BCUT2D eigenvalue weighted by molar-refractivity contribution is 0.965. The van der Waals surface area contributed by atoms with Gasteiger partial charge < -0.3 is 10.2 Å². The molecule has 0 atom stereocenters. The molecule has 0 saturated heterocycles. The van der Waals surface area contributed by atoms with Crippen molar-refractivity contribution in [2.75, 3.05) is 23.8 Å². The third-order valence-corrected chi connectivity index (χ3v) is 4.01. The Morgan fingerprint density at radius 1 is 1.33 bits per heavy atom. The molecule has 1 aromatic carbocycles. The van der Waals surface area contributed by atoms with E-state index < -0.39 is 0 Å². The molecule has 1 N–H and O–H groups in total. The number of para-hydroxylation sites is 2. The fourth-order valence-electron chi connectivity index (χ4n) is 1.80. The van der Waals surface area contributed by atoms with Gasteiger partial charge >= 0.3 is 0 Å². The molecule has 0 spiro atoms. The number of nitrogens with zero attached hydrogens (tertiary/aromatic N) is 2. The van der Waals surface area contributed by atoms with Gasteiger partial charge in [0.15, 0.2) is 0 Å². The predicted molar refractivity (Wildman–Crippen MR) is 79.6 cm³/mol. The average Bonchev–Trinajstić information content (AvgIpc) is 2.81. The molecule has 1 aromatic heterocycles. The van der Waals surface area contributed by atoms with Crippen molar-refractivity contribution in [3.8, 4) is 0 Å². The van der Waals surface area contributed by atoms with Crippen molar-refractivity contribution in [1.29, 1.82) is 0 Å². The third kappa shape index (κ3) is 2.82. The van der Waals surface area contributed by atoms with E-state index in [1.165, 1.54) is 16.3 Å². The van der Waals surface area contributed by atoms with E-state index >= 15 is 0 Å². The maximum atomic E-state index is 4.27. The number of hydrogen-bond acceptors (Lipinski definition) is 4. The van der Waals surface area contributed by atoms with Crippen LogP contribution in [0, 0.1) is 6.92 Å². The molecule has 0 radical (unpaired) electrons. The molecule has 96 valence electrons. The average molecular weight is 261 g/mol. The van der Waals surface area contributed by atoms with Gasteiger partial charge in [-0.05, 0) is 26.0 Å². The van der Waals surface area contributed by atoms with Crippen LogP contribution in [0.1, 0.15) is 17.5 Å². The molecule has 0 aliphatic rings. The van der Waals surface area contributed by atoms with E-state index in [0.29, 0.717) is 0 Å². The van der Waals surface area contributed by atoms with E-state index in [1.807, 2.05) is 5.51 Å². The van der Waals surface area contributed by atoms with E-state index in [9.17, 15) is 0 Å². The first kappa shape index (κ1) is 12.9. The van der Waals surface area contributed by atoms with Gasteiger partial charge in [-0.1, -0.05) is 12.1 Å². The highest BCUT2D eigenvalue weighted by Gasteiger charge is 2.06. The number of thiazole rings is 1. The number of anilines is 2. The predicted octanol–water partition coefficient (Wildman–Crippen LogP) is 3.52. The maximum absolute atomic E-state index is 4.27. The lowest BCUT2D eigenvalue weighted by atomic mass is 10.2. The molecule has 0 fully saturated rings. The van der Waals surface area contributed by atoms with Gasteiger partial charge in [0.25, 0.3) is 0 Å². The second-order valence-corrected chi connectivity index (χ2v) is 5.19. The summed E-state index contributed by atoms with van der Waals surface area (Å²) >= 11 is 1.70. The van der Waals surface area contributed by atoms with Crippen molar-refractivity contribution in [2.24, 2.45) is 0 Å². The summed E-state index contributed by atoms with van der Waals surface area (Å²) in [6, 6.07) is 8.41. The number of rotatable bonds is 5. The fourth-order valence-corrected chi connectivity index (χ4v) is 2.51. The van der Waals surface area contributed by atoms with Crippen LogP contribution < -0.4 is 10.2 Å². The smallest absolute Gasteiger partial charge is 0.0798 e. The molecule has 0 aliphatic carbocycles. The Bertz CT molecular complexity index is 507. The Hall–Kier alpha value is -1.55. The number of nitrogens with one attached hydrogen (secondary N) is 1. The largest absolute Gasteiger partial charge is 0.378 e. The summed E-state index contributed by atoms with van der Waals surface area (Å²) in [5.41, 5.74) is 5.43. The zero-order valence-corrected chi connectivity index (χ0v) is 11.9. The van der Waals surface area contributed by atoms with Gasteiger partial charge in [0.1, 0.15) is 0 Å². The summed E-state index contributed by atoms with van der Waals surface area (Å²) in [6.07, 6.45) is 0. The quantitative estimate of drug-likeness (QED) is 0.892. The standard InChI is InChI=1S/C14H19N3S/c1-4-17(3)13-8-6-5-7-12(13)15-9-14-11(2)16-10-18-14/h5-8,10,15H,4,9H2,1-3H3. The number of aryl methyl sites for hydroxylation is 1. The van der Waals surface area contributed by atoms with Gasteiger partial charge in [-0.2, -0.15) is 0 Å². The lowest BCUT2D eigenvalue weighted by Gasteiger charge is -2.21. The van der Waals surface area contributed by atoms with Crippen LogP contribution in [0.3, 0.4) is 0 Å². The van der Waals surface area contributed by atoms with Crippen molar-refractivity contribution >= 4 is 22.7 Å². The van der Waals surface area contributed by atoms with Crippen LogP contribution in [-0.2, 0) is 6.54 Å². The molecule has 3 nitrogen and oxygen atoms in total. The summed E-state index contributed by atoms with van der Waals surface area (Å²) in [6.45, 7) is 6.05. The molecule has 0 bridgehead atoms. The van der Waals surface area contributed by atoms with Crippen molar-refractivity contribution in [1.82, 2.24) is 4.98 Å². The zero-order chi connectivity index (χ0) is 13.0. The van der Waals surface area contributed by atoms with Crippen LogP contribution in [0.15, 0.2) is 29.8 Å². The molecule has 4 heteroatoms. The van der Waals surface area contributed by atoms with Crippen molar-refractivity contribution in [3.05, 3.63) is 40.3 Å². The molecular weight excluding hydrogens is 242 g/mol. The Balaban J connectivity index is 2.12. The van der Waals surface area contributed by atoms with Gasteiger partial charge in [-0.15, -0.1) is 11.3 Å². The van der Waals surface area contributed by atoms with Gasteiger partial charge in [-0.25, -0.2) is 4.98 Å². The van der Waals surface area contributed by atoms with E-state index in [4.69, 9.17) is 0 Å². The highest BCUT2D eigenvalue weighted by molar-refractivity contribution is 7.09. The summed E-state index contributed by atoms with van der Waals surface area (Å²) < 4.78 is 0. The van der Waals surface area contributed by atoms with Crippen molar-refractivity contribution < 1.29 is 0 Å². The maximum Gasteiger partial charge on any atom is 0.0798 e. The topological polar surface area (TPSA) is 28.2 Å². The van der Waals surface area contributed by atoms with Crippen LogP contribution in [0.4, 0.5) is 11.4 Å². The minimum absolute atomic E-state index is 0.838. The normalized spacial score (nSPS) is 10.4. The van der Waals surface area contributed by atoms with Gasteiger partial charge in [-0.3, -0.25) is 0 Å². The van der Waals surface area contributed by atoms with Crippen LogP contribution in [0.2, 0.25) is 0 Å². The second-order valence-electron chi connectivity index (χ2n) is 4.25. The molecule has 0 unspecified atom stereocenters. The van der Waals surface area contributed by atoms with Gasteiger partial charge in [0, 0.05) is 18.5 Å². The Labute approximate surface area is 112 Å². The molecule has 1 heterocycles. The minimum atomic E-state index is 0.838. The molecule has 0 amide bonds. The number of aromatic nitrogens is 1. The summed E-state index contributed by atoms with van der Waals surface area (Å²) in [5.74, 6) is 0. The monoisotopic (exact) mass is 261 g/mol. The van der Waals surface area contributed by atoms with Gasteiger partial charge in [0.05, 0.1) is 29.1 Å². The van der Waals surface area contributed by atoms with Crippen LogP contribution in [-0.4, -0.2) is 18.6 Å². The van der Waals surface area contributed by atoms with E-state index in [0.717, 1.165) is 18.8 Å². The molecular formula is C14H19N3S. The van der Waals surface area contributed by atoms with E-state index in [2.05, 4.69) is 60.4 Å². The van der Waals surface area contributed by atoms with Crippen LogP contribution >= 0.6 is 11.3 Å². The summed E-state index contributed by atoms with van der Waals surface area (Å²) in [4.78, 5) is 7.80. The molecule has 0 aliphatic heterocycles. The van der Waals surface area contributed by atoms with Crippen molar-refractivity contribution in [2.45, 2.75) is 20.4 Å². The minimum Gasteiger partial charge on any atom is -0.378 e. The molecule has 0 saturated carbocycles. The fraction of sp³-hybridized carbons (Fsp3) is 0.357. The first-order valence-corrected chi connectivity index (χ1v) is 7.03. The molecule has 18 heavy (non-hydrogen) atoms. The number of benzene rings is 1. The first-order chi connectivity index (χ1) is 8.72. The Kier molecular flexibility index (Phi) is 4.20. The summed E-state index contributed by atoms with van der Waals surface area (Å²) in [5, 5.41) is 3.50. The highest BCUT2D eigenvalue weighted by Crippen LogP contribution is 2.25. The zero-order valence-electron chi connectivity index (χ0n) is 11.1. The van der Waals surface area contributed by atoms with Crippen LogP contribution in [0.5, 0.6) is 0 Å². The second kappa shape index (κ2) is 5.87. The summed E-state index contributed by atoms with van der Waals surface area (Å²) in [7, 11) is 2.11. The van der Waals surface area contributed by atoms with E-state index in [-0.39, 0.29) is 0 Å². The Morgan fingerprint density at radius 2 is 2.11 bits per heavy atom. The molecule has 2 rings (SSSR count). The van der Waals surface area contributed by atoms with Gasteiger partial charge in [0.2, 0.25) is 0 Å². The molecule has 2 aromatic rings. The third-order valence-electron chi connectivity index (χ3n) is 3.07. The SMILES string of the molecule is CCN(C)c1ccccc1NCc1scnc1C. The lowest BCUT2D eigenvalue weighted by Crippen LogP contribution is -2.17. The van der Waals surface area contributed by atoms with Crippen molar-refractivity contribution in [3.63, 3.8) is 0 Å². The number of hydrogen-bond donors (Lipinski definition) is 1. The van der Waals surface area contributed by atoms with Crippen LogP contribution in [0.25, 0.3) is 0 Å². The highest BCUT2D eigenvalue weighted by atomic mass is 32.1. The Morgan fingerprint density at radius 3 is 2.78 bits per heavy atom.